The molecular formula is C13H23N3S. The van der Waals surface area contributed by atoms with Crippen LogP contribution in [0.25, 0.3) is 0 Å². The number of rotatable bonds is 4. The highest BCUT2D eigenvalue weighted by Crippen LogP contribution is 2.30. The standard InChI is InChI=1S/C13H23N3S/c1-9(13-10(2)17-11(3)15-13)16-6-5-12(8-16)7-14-4/h9,12,14H,5-8H2,1-4H3. The van der Waals surface area contributed by atoms with Gasteiger partial charge in [-0.25, -0.2) is 4.98 Å². The molecule has 2 atom stereocenters. The van der Waals surface area contributed by atoms with Crippen LogP contribution >= 0.6 is 11.3 Å². The van der Waals surface area contributed by atoms with Crippen molar-refractivity contribution >= 4 is 11.3 Å². The zero-order valence-corrected chi connectivity index (χ0v) is 12.1. The van der Waals surface area contributed by atoms with Gasteiger partial charge in [-0.3, -0.25) is 4.90 Å². The van der Waals surface area contributed by atoms with E-state index >= 15 is 0 Å². The number of hydrogen-bond donors (Lipinski definition) is 1. The fraction of sp³-hybridized carbons (Fsp3) is 0.769. The van der Waals surface area contributed by atoms with Gasteiger partial charge in [0.25, 0.3) is 0 Å². The molecule has 17 heavy (non-hydrogen) atoms. The SMILES string of the molecule is CNCC1CCN(C(C)c2nc(C)sc2C)C1. The Bertz CT molecular complexity index is 375. The number of thiazole rings is 1. The van der Waals surface area contributed by atoms with Gasteiger partial charge in [-0.2, -0.15) is 0 Å². The molecule has 0 saturated carbocycles. The Hall–Kier alpha value is -0.450. The van der Waals surface area contributed by atoms with E-state index in [1.54, 1.807) is 0 Å². The Balaban J connectivity index is 2.01. The summed E-state index contributed by atoms with van der Waals surface area (Å²) in [5.41, 5.74) is 1.29. The van der Waals surface area contributed by atoms with Crippen molar-refractivity contribution in [3.05, 3.63) is 15.6 Å². The number of likely N-dealkylation sites (tertiary alicyclic amines) is 1. The molecule has 1 saturated heterocycles. The highest BCUT2D eigenvalue weighted by molar-refractivity contribution is 7.11. The molecule has 1 aromatic heterocycles. The molecule has 1 aromatic rings. The van der Waals surface area contributed by atoms with Crippen molar-refractivity contribution in [1.29, 1.82) is 0 Å². The summed E-state index contributed by atoms with van der Waals surface area (Å²) >= 11 is 1.82. The third-order valence-electron chi connectivity index (χ3n) is 3.69. The average molecular weight is 253 g/mol. The van der Waals surface area contributed by atoms with Crippen molar-refractivity contribution in [2.75, 3.05) is 26.7 Å². The lowest BCUT2D eigenvalue weighted by Gasteiger charge is -2.23. The molecule has 2 rings (SSSR count). The lowest BCUT2D eigenvalue weighted by atomic mass is 10.1. The van der Waals surface area contributed by atoms with Crippen molar-refractivity contribution in [1.82, 2.24) is 15.2 Å². The normalized spacial score (nSPS) is 23.2. The summed E-state index contributed by atoms with van der Waals surface area (Å²) in [7, 11) is 2.04. The number of hydrogen-bond acceptors (Lipinski definition) is 4. The van der Waals surface area contributed by atoms with Gasteiger partial charge in [0.05, 0.1) is 16.7 Å². The summed E-state index contributed by atoms with van der Waals surface area (Å²) in [4.78, 5) is 8.64. The van der Waals surface area contributed by atoms with Crippen LogP contribution in [0.1, 0.15) is 35.0 Å². The predicted molar refractivity (Wildman–Crippen MR) is 73.6 cm³/mol. The number of nitrogens with zero attached hydrogens (tertiary/aromatic N) is 2. The van der Waals surface area contributed by atoms with Crippen LogP contribution in [0.2, 0.25) is 0 Å². The maximum atomic E-state index is 4.69. The zero-order chi connectivity index (χ0) is 12.4. The van der Waals surface area contributed by atoms with Gasteiger partial charge in [0.1, 0.15) is 0 Å². The van der Waals surface area contributed by atoms with Crippen LogP contribution in [-0.2, 0) is 0 Å². The molecule has 3 nitrogen and oxygen atoms in total. The van der Waals surface area contributed by atoms with Crippen molar-refractivity contribution in [3.63, 3.8) is 0 Å². The molecule has 1 aliphatic rings. The maximum absolute atomic E-state index is 4.69. The molecule has 0 amide bonds. The second-order valence-electron chi connectivity index (χ2n) is 5.06. The third kappa shape index (κ3) is 2.87. The first kappa shape index (κ1) is 13.0. The molecule has 0 radical (unpaired) electrons. The fourth-order valence-corrected chi connectivity index (χ4v) is 3.68. The molecule has 1 N–H and O–H groups in total. The first-order valence-electron chi connectivity index (χ1n) is 6.44. The van der Waals surface area contributed by atoms with E-state index < -0.39 is 0 Å². The molecule has 0 bridgehead atoms. The number of nitrogens with one attached hydrogen (secondary N) is 1. The highest BCUT2D eigenvalue weighted by Gasteiger charge is 2.28. The van der Waals surface area contributed by atoms with Crippen molar-refractivity contribution in [2.24, 2.45) is 5.92 Å². The van der Waals surface area contributed by atoms with Crippen LogP contribution in [0.3, 0.4) is 0 Å². The van der Waals surface area contributed by atoms with E-state index in [4.69, 9.17) is 0 Å². The molecule has 2 unspecified atom stereocenters. The monoisotopic (exact) mass is 253 g/mol. The van der Waals surface area contributed by atoms with Gasteiger partial charge in [0, 0.05) is 11.4 Å². The van der Waals surface area contributed by atoms with E-state index in [9.17, 15) is 0 Å². The Morgan fingerprint density at radius 1 is 1.53 bits per heavy atom. The smallest absolute Gasteiger partial charge is 0.0900 e. The lowest BCUT2D eigenvalue weighted by molar-refractivity contribution is 0.248. The quantitative estimate of drug-likeness (QED) is 0.893. The predicted octanol–water partition coefficient (Wildman–Crippen LogP) is 2.36. The van der Waals surface area contributed by atoms with Gasteiger partial charge in [0.15, 0.2) is 0 Å². The largest absolute Gasteiger partial charge is 0.319 e. The van der Waals surface area contributed by atoms with Crippen LogP contribution in [0.5, 0.6) is 0 Å². The van der Waals surface area contributed by atoms with Crippen LogP contribution < -0.4 is 5.32 Å². The zero-order valence-electron chi connectivity index (χ0n) is 11.3. The summed E-state index contributed by atoms with van der Waals surface area (Å²) in [6.45, 7) is 10.1. The second-order valence-corrected chi connectivity index (χ2v) is 6.46. The topological polar surface area (TPSA) is 28.2 Å². The Labute approximate surface area is 108 Å². The molecule has 0 spiro atoms. The van der Waals surface area contributed by atoms with Crippen molar-refractivity contribution in [2.45, 2.75) is 33.2 Å². The molecule has 0 aliphatic carbocycles. The molecular weight excluding hydrogens is 230 g/mol. The van der Waals surface area contributed by atoms with E-state index in [1.165, 1.54) is 35.1 Å². The van der Waals surface area contributed by atoms with Gasteiger partial charge in [0.2, 0.25) is 0 Å². The Morgan fingerprint density at radius 2 is 2.29 bits per heavy atom. The summed E-state index contributed by atoms with van der Waals surface area (Å²) < 4.78 is 0. The summed E-state index contributed by atoms with van der Waals surface area (Å²) in [5, 5.41) is 4.47. The van der Waals surface area contributed by atoms with Crippen LogP contribution in [0.15, 0.2) is 0 Å². The summed E-state index contributed by atoms with van der Waals surface area (Å²) in [6.07, 6.45) is 1.31. The first-order chi connectivity index (χ1) is 8.11. The van der Waals surface area contributed by atoms with Crippen molar-refractivity contribution in [3.8, 4) is 0 Å². The molecule has 1 fully saturated rings. The van der Waals surface area contributed by atoms with Gasteiger partial charge in [-0.15, -0.1) is 11.3 Å². The minimum Gasteiger partial charge on any atom is -0.319 e. The second kappa shape index (κ2) is 5.46. The molecule has 4 heteroatoms. The van der Waals surface area contributed by atoms with Gasteiger partial charge in [-0.1, -0.05) is 0 Å². The maximum Gasteiger partial charge on any atom is 0.0900 e. The third-order valence-corrected chi connectivity index (χ3v) is 4.59. The molecule has 2 heterocycles. The van der Waals surface area contributed by atoms with Gasteiger partial charge < -0.3 is 5.32 Å². The van der Waals surface area contributed by atoms with Crippen LogP contribution in [0, 0.1) is 19.8 Å². The number of aromatic nitrogens is 1. The van der Waals surface area contributed by atoms with E-state index in [1.807, 2.05) is 18.4 Å². The summed E-state index contributed by atoms with van der Waals surface area (Å²) in [5.74, 6) is 0.808. The minimum absolute atomic E-state index is 0.474. The van der Waals surface area contributed by atoms with Crippen molar-refractivity contribution < 1.29 is 0 Å². The molecule has 1 aliphatic heterocycles. The van der Waals surface area contributed by atoms with E-state index in [2.05, 4.69) is 36.0 Å². The fourth-order valence-electron chi connectivity index (χ4n) is 2.78. The first-order valence-corrected chi connectivity index (χ1v) is 7.26. The van der Waals surface area contributed by atoms with E-state index in [0.717, 1.165) is 12.5 Å². The lowest BCUT2D eigenvalue weighted by Crippen LogP contribution is -2.27. The molecule has 96 valence electrons. The average Bonchev–Trinajstić information content (AvgIpc) is 2.85. The Morgan fingerprint density at radius 3 is 2.88 bits per heavy atom. The van der Waals surface area contributed by atoms with E-state index in [-0.39, 0.29) is 0 Å². The minimum atomic E-state index is 0.474. The molecule has 0 aromatic carbocycles. The Kier molecular flexibility index (Phi) is 4.17. The van der Waals surface area contributed by atoms with Crippen LogP contribution in [-0.4, -0.2) is 36.6 Å². The number of aryl methyl sites for hydroxylation is 2. The van der Waals surface area contributed by atoms with Gasteiger partial charge >= 0.3 is 0 Å². The highest BCUT2D eigenvalue weighted by atomic mass is 32.1. The summed E-state index contributed by atoms with van der Waals surface area (Å²) in [6, 6.07) is 0.474. The van der Waals surface area contributed by atoms with Gasteiger partial charge in [-0.05, 0) is 53.2 Å². The van der Waals surface area contributed by atoms with E-state index in [0.29, 0.717) is 6.04 Å². The van der Waals surface area contributed by atoms with Crippen LogP contribution in [0.4, 0.5) is 0 Å².